The number of nitrogens with one attached hydrogen (secondary N) is 2. The monoisotopic (exact) mass is 396 g/mol. The molecule has 1 aliphatic heterocycles. The fourth-order valence-electron chi connectivity index (χ4n) is 3.39. The molecule has 6 heteroatoms. The predicted molar refractivity (Wildman–Crippen MR) is 112 cm³/mol. The topological polar surface area (TPSA) is 76.7 Å². The van der Waals surface area contributed by atoms with Crippen molar-refractivity contribution >= 4 is 17.5 Å². The molecule has 1 unspecified atom stereocenters. The molecule has 1 saturated heterocycles. The van der Waals surface area contributed by atoms with Gasteiger partial charge in [0, 0.05) is 13.2 Å². The van der Waals surface area contributed by atoms with Gasteiger partial charge in [0.05, 0.1) is 30.4 Å². The molecule has 1 fully saturated rings. The number of benzene rings is 2. The Balaban J connectivity index is 1.51. The molecule has 2 aromatic rings. The van der Waals surface area contributed by atoms with Gasteiger partial charge in [0.2, 0.25) is 5.91 Å². The summed E-state index contributed by atoms with van der Waals surface area (Å²) >= 11 is 0. The highest BCUT2D eigenvalue weighted by atomic mass is 16.5. The molecular formula is C23H28N2O4. The summed E-state index contributed by atoms with van der Waals surface area (Å²) in [4.78, 5) is 24.9. The highest BCUT2D eigenvalue weighted by Gasteiger charge is 2.18. The average molecular weight is 396 g/mol. The second-order valence-corrected chi connectivity index (χ2v) is 7.36. The van der Waals surface area contributed by atoms with Crippen molar-refractivity contribution < 1.29 is 19.1 Å². The Hall–Kier alpha value is -2.86. The van der Waals surface area contributed by atoms with Crippen LogP contribution < -0.4 is 15.4 Å². The van der Waals surface area contributed by atoms with Crippen LogP contribution in [-0.4, -0.2) is 37.7 Å². The zero-order valence-corrected chi connectivity index (χ0v) is 17.0. The van der Waals surface area contributed by atoms with Crippen LogP contribution in [0.4, 0.5) is 5.69 Å². The van der Waals surface area contributed by atoms with Crippen LogP contribution in [0, 0.1) is 13.8 Å². The molecule has 29 heavy (non-hydrogen) atoms. The third-order valence-corrected chi connectivity index (χ3v) is 4.75. The minimum absolute atomic E-state index is 0.0723. The summed E-state index contributed by atoms with van der Waals surface area (Å²) in [5.74, 6) is 0.334. The normalized spacial score (nSPS) is 15.7. The van der Waals surface area contributed by atoms with Gasteiger partial charge in [-0.1, -0.05) is 18.2 Å². The van der Waals surface area contributed by atoms with E-state index in [1.807, 2.05) is 26.0 Å². The minimum Gasteiger partial charge on any atom is -0.493 e. The van der Waals surface area contributed by atoms with Gasteiger partial charge < -0.3 is 20.1 Å². The fraction of sp³-hybridized carbons (Fsp3) is 0.391. The molecule has 3 rings (SSSR count). The number of carbonyl (C=O) groups is 2. The molecule has 6 nitrogen and oxygen atoms in total. The van der Waals surface area contributed by atoms with E-state index in [1.165, 1.54) is 0 Å². The number of hydrogen-bond acceptors (Lipinski definition) is 4. The first-order valence-corrected chi connectivity index (χ1v) is 10.0. The maximum atomic E-state index is 12.5. The summed E-state index contributed by atoms with van der Waals surface area (Å²) in [6.07, 6.45) is 2.25. The third kappa shape index (κ3) is 6.32. The van der Waals surface area contributed by atoms with Crippen LogP contribution in [0.3, 0.4) is 0 Å². The number of hydrogen-bond donors (Lipinski definition) is 2. The average Bonchev–Trinajstić information content (AvgIpc) is 3.19. The number of amides is 2. The molecule has 1 aliphatic rings. The molecule has 2 N–H and O–H groups in total. The molecule has 2 aromatic carbocycles. The van der Waals surface area contributed by atoms with Gasteiger partial charge in [0.1, 0.15) is 5.75 Å². The van der Waals surface area contributed by atoms with Gasteiger partial charge in [-0.2, -0.15) is 0 Å². The van der Waals surface area contributed by atoms with E-state index in [0.29, 0.717) is 17.8 Å². The Morgan fingerprint density at radius 2 is 1.90 bits per heavy atom. The predicted octanol–water partition coefficient (Wildman–Crippen LogP) is 3.62. The Morgan fingerprint density at radius 3 is 2.62 bits per heavy atom. The molecule has 0 bridgehead atoms. The molecule has 0 saturated carbocycles. The number of anilines is 1. The van der Waals surface area contributed by atoms with Gasteiger partial charge in [-0.05, 0) is 62.1 Å². The zero-order valence-electron chi connectivity index (χ0n) is 17.0. The van der Waals surface area contributed by atoms with Crippen molar-refractivity contribution in [1.29, 1.82) is 0 Å². The fourth-order valence-corrected chi connectivity index (χ4v) is 3.39. The van der Waals surface area contributed by atoms with E-state index < -0.39 is 0 Å². The first kappa shape index (κ1) is 20.9. The van der Waals surface area contributed by atoms with E-state index in [9.17, 15) is 9.59 Å². The number of ether oxygens (including phenoxy) is 2. The summed E-state index contributed by atoms with van der Waals surface area (Å²) in [6.45, 7) is 5.51. The Bertz CT molecular complexity index is 839. The quantitative estimate of drug-likeness (QED) is 0.715. The lowest BCUT2D eigenvalue weighted by molar-refractivity contribution is -0.116. The number of rotatable bonds is 8. The summed E-state index contributed by atoms with van der Waals surface area (Å²) in [5.41, 5.74) is 3.17. The molecule has 154 valence electrons. The minimum atomic E-state index is -0.220. The van der Waals surface area contributed by atoms with E-state index in [1.54, 1.807) is 24.3 Å². The summed E-state index contributed by atoms with van der Waals surface area (Å²) in [7, 11) is 0. The molecule has 0 spiro atoms. The van der Waals surface area contributed by atoms with Gasteiger partial charge >= 0.3 is 0 Å². The largest absolute Gasteiger partial charge is 0.493 e. The lowest BCUT2D eigenvalue weighted by Crippen LogP contribution is -2.32. The van der Waals surface area contributed by atoms with Gasteiger partial charge in [-0.25, -0.2) is 0 Å². The van der Waals surface area contributed by atoms with Crippen LogP contribution in [0.5, 0.6) is 5.75 Å². The van der Waals surface area contributed by atoms with Crippen LogP contribution in [0.1, 0.15) is 40.7 Å². The molecule has 2 amide bonds. The van der Waals surface area contributed by atoms with Crippen LogP contribution in [-0.2, 0) is 9.53 Å². The second kappa shape index (κ2) is 10.1. The Morgan fingerprint density at radius 1 is 1.14 bits per heavy atom. The Kier molecular flexibility index (Phi) is 7.25. The van der Waals surface area contributed by atoms with Crippen LogP contribution in [0.25, 0.3) is 0 Å². The summed E-state index contributed by atoms with van der Waals surface area (Å²) in [5, 5.41) is 5.71. The Labute approximate surface area is 171 Å². The number of carbonyl (C=O) groups excluding carboxylic acids is 2. The smallest absolute Gasteiger partial charge is 0.253 e. The van der Waals surface area contributed by atoms with Gasteiger partial charge in [0.15, 0.2) is 0 Å². The summed E-state index contributed by atoms with van der Waals surface area (Å²) in [6, 6.07) is 13.0. The second-order valence-electron chi connectivity index (χ2n) is 7.36. The van der Waals surface area contributed by atoms with Crippen molar-refractivity contribution in [2.75, 3.05) is 25.1 Å². The number of para-hydroxylation sites is 1. The van der Waals surface area contributed by atoms with Gasteiger partial charge in [-0.3, -0.25) is 9.59 Å². The van der Waals surface area contributed by atoms with Crippen molar-refractivity contribution in [2.45, 2.75) is 39.2 Å². The van der Waals surface area contributed by atoms with Crippen LogP contribution >= 0.6 is 0 Å². The summed E-state index contributed by atoms with van der Waals surface area (Å²) < 4.78 is 11.2. The van der Waals surface area contributed by atoms with Crippen molar-refractivity contribution in [2.24, 2.45) is 0 Å². The number of aryl methyl sites for hydroxylation is 2. The molecule has 1 atom stereocenters. The van der Waals surface area contributed by atoms with E-state index in [4.69, 9.17) is 9.47 Å². The van der Waals surface area contributed by atoms with Gasteiger partial charge in [-0.15, -0.1) is 0 Å². The van der Waals surface area contributed by atoms with Gasteiger partial charge in [0.25, 0.3) is 5.91 Å². The SMILES string of the molecule is Cc1cc(C)cc(OCCC(=O)Nc2ccccc2C(=O)NCC2CCCO2)c1. The molecule has 0 aromatic heterocycles. The highest BCUT2D eigenvalue weighted by Crippen LogP contribution is 2.18. The maximum Gasteiger partial charge on any atom is 0.253 e. The van der Waals surface area contributed by atoms with E-state index in [-0.39, 0.29) is 30.9 Å². The first-order chi connectivity index (χ1) is 14.0. The standard InChI is InChI=1S/C23H28N2O4/c1-16-12-17(2)14-19(13-16)29-11-9-22(26)25-21-8-4-3-7-20(21)23(27)24-15-18-6-5-10-28-18/h3-4,7-8,12-14,18H,5-6,9-11,15H2,1-2H3,(H,24,27)(H,25,26). The van der Waals surface area contributed by atoms with Crippen LogP contribution in [0.2, 0.25) is 0 Å². The van der Waals surface area contributed by atoms with Crippen molar-refractivity contribution in [3.63, 3.8) is 0 Å². The molecule has 0 radical (unpaired) electrons. The highest BCUT2D eigenvalue weighted by molar-refractivity contribution is 6.03. The lowest BCUT2D eigenvalue weighted by Gasteiger charge is -2.14. The molecular weight excluding hydrogens is 368 g/mol. The van der Waals surface area contributed by atoms with E-state index >= 15 is 0 Å². The van der Waals surface area contributed by atoms with E-state index in [0.717, 1.165) is 36.3 Å². The van der Waals surface area contributed by atoms with Crippen molar-refractivity contribution in [1.82, 2.24) is 5.32 Å². The van der Waals surface area contributed by atoms with E-state index in [2.05, 4.69) is 16.7 Å². The maximum absolute atomic E-state index is 12.5. The third-order valence-electron chi connectivity index (χ3n) is 4.75. The molecule has 0 aliphatic carbocycles. The molecule has 1 heterocycles. The van der Waals surface area contributed by atoms with Crippen LogP contribution in [0.15, 0.2) is 42.5 Å². The van der Waals surface area contributed by atoms with Crippen molar-refractivity contribution in [3.8, 4) is 5.75 Å². The zero-order chi connectivity index (χ0) is 20.6. The van der Waals surface area contributed by atoms with Crippen molar-refractivity contribution in [3.05, 3.63) is 59.2 Å². The first-order valence-electron chi connectivity index (χ1n) is 10.0. The lowest BCUT2D eigenvalue weighted by atomic mass is 10.1.